The summed E-state index contributed by atoms with van der Waals surface area (Å²) in [6, 6.07) is 12.3. The molecule has 0 saturated heterocycles. The number of ketones is 4. The Morgan fingerprint density at radius 2 is 1.17 bits per heavy atom. The van der Waals surface area contributed by atoms with Crippen molar-refractivity contribution >= 4 is 110 Å². The van der Waals surface area contributed by atoms with E-state index >= 15 is 0 Å². The van der Waals surface area contributed by atoms with Crippen molar-refractivity contribution in [3.05, 3.63) is 103 Å². The van der Waals surface area contributed by atoms with Gasteiger partial charge in [-0.25, -0.2) is 0 Å². The van der Waals surface area contributed by atoms with Gasteiger partial charge in [-0.05, 0) is 90.9 Å². The van der Waals surface area contributed by atoms with E-state index in [-0.39, 0.29) is 16.7 Å². The van der Waals surface area contributed by atoms with Gasteiger partial charge in [0.25, 0.3) is 0 Å². The minimum absolute atomic E-state index is 0.0924. The second-order valence-electron chi connectivity index (χ2n) is 11.5. The highest BCUT2D eigenvalue weighted by Crippen LogP contribution is 2.48. The lowest BCUT2D eigenvalue weighted by atomic mass is 10.0. The minimum atomic E-state index is -4.62. The van der Waals surface area contributed by atoms with Gasteiger partial charge in [0.1, 0.15) is 0 Å². The summed E-state index contributed by atoms with van der Waals surface area (Å²) in [7, 11) is 0. The normalized spacial score (nSPS) is 16.7. The van der Waals surface area contributed by atoms with Gasteiger partial charge in [-0.15, -0.1) is 34.0 Å². The molecule has 0 amide bonds. The van der Waals surface area contributed by atoms with Gasteiger partial charge in [0, 0.05) is 51.5 Å². The van der Waals surface area contributed by atoms with Crippen LogP contribution in [0.1, 0.15) is 63.9 Å². The molecule has 46 heavy (non-hydrogen) atoms. The quantitative estimate of drug-likeness (QED) is 0.136. The maximum absolute atomic E-state index is 13.2. The van der Waals surface area contributed by atoms with Crippen LogP contribution in [-0.2, 0) is 15.8 Å². The number of halogens is 3. The van der Waals surface area contributed by atoms with E-state index in [1.807, 2.05) is 25.1 Å². The number of hydrogen-bond acceptors (Lipinski definition) is 7. The van der Waals surface area contributed by atoms with E-state index in [0.717, 1.165) is 68.1 Å². The largest absolute Gasteiger partial charge is 0.416 e. The number of aryl methyl sites for hydroxylation is 3. The van der Waals surface area contributed by atoms with Gasteiger partial charge in [-0.1, -0.05) is 23.8 Å². The Bertz CT molecular complexity index is 2520. The molecule has 2 aliphatic carbocycles. The number of allylic oxidation sites excluding steroid dienone is 2. The number of Topliss-reactive ketones (excluding diaryl/α,β-unsaturated/α-hetero) is 4. The monoisotopic (exact) mass is 668 g/mol. The Morgan fingerprint density at radius 1 is 0.587 bits per heavy atom. The van der Waals surface area contributed by atoms with Crippen molar-refractivity contribution in [1.82, 2.24) is 0 Å². The molecular formula is C36H19F3O4S3. The number of benzene rings is 3. The van der Waals surface area contributed by atoms with Gasteiger partial charge in [0.15, 0.2) is 0 Å². The van der Waals surface area contributed by atoms with Gasteiger partial charge in [-0.2, -0.15) is 13.2 Å². The van der Waals surface area contributed by atoms with Crippen molar-refractivity contribution in [2.45, 2.75) is 26.9 Å². The average molecular weight is 669 g/mol. The maximum atomic E-state index is 13.2. The Labute approximate surface area is 271 Å². The molecule has 2 aliphatic rings. The van der Waals surface area contributed by atoms with Crippen LogP contribution < -0.4 is 0 Å². The van der Waals surface area contributed by atoms with E-state index in [4.69, 9.17) is 0 Å². The molecule has 0 radical (unpaired) electrons. The lowest BCUT2D eigenvalue weighted by molar-refractivity contribution is -0.137. The van der Waals surface area contributed by atoms with Gasteiger partial charge < -0.3 is 0 Å². The Morgan fingerprint density at radius 3 is 1.83 bits per heavy atom. The summed E-state index contributed by atoms with van der Waals surface area (Å²) in [4.78, 5) is 52.6. The van der Waals surface area contributed by atoms with Crippen LogP contribution in [0.4, 0.5) is 13.2 Å². The molecule has 3 heterocycles. The first kappa shape index (κ1) is 28.9. The summed E-state index contributed by atoms with van der Waals surface area (Å²) in [6.45, 7) is 6.00. The molecule has 3 aromatic heterocycles. The molecule has 0 saturated carbocycles. The molecule has 0 unspecified atom stereocenters. The van der Waals surface area contributed by atoms with Crippen molar-refractivity contribution < 1.29 is 32.3 Å². The summed E-state index contributed by atoms with van der Waals surface area (Å²) in [5.41, 5.74) is 3.68. The van der Waals surface area contributed by atoms with Crippen molar-refractivity contribution in [3.8, 4) is 0 Å². The van der Waals surface area contributed by atoms with E-state index in [9.17, 15) is 32.3 Å². The summed E-state index contributed by atoms with van der Waals surface area (Å²) in [5.74, 6) is -2.73. The highest BCUT2D eigenvalue weighted by atomic mass is 32.1. The fraction of sp³-hybridized carbons (Fsp3) is 0.111. The van der Waals surface area contributed by atoms with Crippen LogP contribution in [0.15, 0.2) is 48.5 Å². The van der Waals surface area contributed by atoms with Crippen molar-refractivity contribution in [1.29, 1.82) is 0 Å². The predicted molar refractivity (Wildman–Crippen MR) is 179 cm³/mol. The second kappa shape index (κ2) is 9.75. The van der Waals surface area contributed by atoms with Crippen LogP contribution in [-0.4, -0.2) is 23.1 Å². The van der Waals surface area contributed by atoms with Crippen molar-refractivity contribution in [3.63, 3.8) is 0 Å². The number of hydrogen-bond donors (Lipinski definition) is 0. The average Bonchev–Trinajstić information content (AvgIpc) is 3.79. The Balaban J connectivity index is 1.23. The van der Waals surface area contributed by atoms with Crippen LogP contribution in [0.25, 0.3) is 52.9 Å². The third-order valence-electron chi connectivity index (χ3n) is 8.66. The van der Waals surface area contributed by atoms with Gasteiger partial charge >= 0.3 is 6.18 Å². The van der Waals surface area contributed by atoms with E-state index in [1.54, 1.807) is 40.9 Å². The first-order valence-corrected chi connectivity index (χ1v) is 16.6. The van der Waals surface area contributed by atoms with Crippen LogP contribution >= 0.6 is 34.0 Å². The molecule has 10 heteroatoms. The molecule has 0 N–H and O–H groups in total. The van der Waals surface area contributed by atoms with Crippen LogP contribution in [0.3, 0.4) is 0 Å². The van der Waals surface area contributed by atoms with Crippen LogP contribution in [0.5, 0.6) is 0 Å². The van der Waals surface area contributed by atoms with Gasteiger partial charge in [0.2, 0.25) is 23.1 Å². The first-order valence-electron chi connectivity index (χ1n) is 14.1. The van der Waals surface area contributed by atoms with Crippen LogP contribution in [0, 0.1) is 20.8 Å². The summed E-state index contributed by atoms with van der Waals surface area (Å²) < 4.78 is 43.9. The molecule has 0 spiro atoms. The Kier molecular flexibility index (Phi) is 6.13. The Hall–Kier alpha value is -4.51. The number of thiophene rings is 3. The summed E-state index contributed by atoms with van der Waals surface area (Å²) in [6.07, 6.45) is -1.22. The highest BCUT2D eigenvalue weighted by Gasteiger charge is 2.38. The fourth-order valence-corrected chi connectivity index (χ4v) is 10.3. The van der Waals surface area contributed by atoms with E-state index in [1.165, 1.54) is 17.4 Å². The molecule has 0 fully saturated rings. The molecule has 8 rings (SSSR count). The lowest BCUT2D eigenvalue weighted by Gasteiger charge is -2.07. The molecule has 3 aromatic carbocycles. The third kappa shape index (κ3) is 4.10. The van der Waals surface area contributed by atoms with Crippen LogP contribution in [0.2, 0.25) is 0 Å². The SMILES string of the molecule is Cc1ccc2c(c1)C(=O)C(=O)/C2=C\c1cc2c(C)c3sc4cc(/C=C5\C(=O)C(=O)c6cc(C(F)(F)F)ccc65)sc4c3c(C)c2s1. The van der Waals surface area contributed by atoms with Gasteiger partial charge in [0.05, 0.1) is 10.3 Å². The van der Waals surface area contributed by atoms with Crippen molar-refractivity contribution in [2.24, 2.45) is 0 Å². The van der Waals surface area contributed by atoms with E-state index in [0.29, 0.717) is 16.7 Å². The van der Waals surface area contributed by atoms with E-state index in [2.05, 4.69) is 19.9 Å². The molecule has 6 aromatic rings. The lowest BCUT2D eigenvalue weighted by Crippen LogP contribution is -2.08. The number of alkyl halides is 3. The molecule has 4 nitrogen and oxygen atoms in total. The first-order chi connectivity index (χ1) is 21.8. The highest BCUT2D eigenvalue weighted by molar-refractivity contribution is 7.33. The number of carbonyl (C=O) groups is 4. The van der Waals surface area contributed by atoms with Crippen molar-refractivity contribution in [2.75, 3.05) is 0 Å². The minimum Gasteiger partial charge on any atom is -0.285 e. The summed E-state index contributed by atoms with van der Waals surface area (Å²) >= 11 is 4.64. The fourth-order valence-electron chi connectivity index (χ4n) is 6.39. The smallest absolute Gasteiger partial charge is 0.285 e. The summed E-state index contributed by atoms with van der Waals surface area (Å²) in [5, 5.41) is 2.15. The molecular weight excluding hydrogens is 650 g/mol. The van der Waals surface area contributed by atoms with Gasteiger partial charge in [-0.3, -0.25) is 19.2 Å². The number of carbonyl (C=O) groups excluding carboxylic acids is 4. The zero-order valence-electron chi connectivity index (χ0n) is 24.3. The third-order valence-corrected chi connectivity index (χ3v) is 12.3. The number of rotatable bonds is 2. The maximum Gasteiger partial charge on any atom is 0.416 e. The molecule has 0 bridgehead atoms. The molecule has 0 atom stereocenters. The second-order valence-corrected chi connectivity index (χ2v) is 14.7. The number of fused-ring (bicyclic) bond motifs is 6. The molecule has 226 valence electrons. The topological polar surface area (TPSA) is 68.3 Å². The predicted octanol–water partition coefficient (Wildman–Crippen LogP) is 9.89. The standard InChI is InChI=1S/C36H19F3O4S3/c1-14-4-6-20-23(8-14)29(40)31(42)25(20)11-18-10-22-15(2)34-28(16(3)33(22)44-18)35-27(46-34)13-19(45-35)12-26-21-7-5-17(36(37,38)39)9-24(21)30(41)32(26)43/h4-13H,1-3H3/b25-11-,26-12-. The zero-order chi connectivity index (χ0) is 32.4. The van der Waals surface area contributed by atoms with E-state index < -0.39 is 34.9 Å². The zero-order valence-corrected chi connectivity index (χ0v) is 26.7. The molecule has 0 aliphatic heterocycles.